The van der Waals surface area contributed by atoms with Crippen LogP contribution in [-0.4, -0.2) is 61.5 Å². The molecule has 0 bridgehead atoms. The number of nitrogens with one attached hydrogen (secondary N) is 1. The van der Waals surface area contributed by atoms with E-state index in [1.807, 2.05) is 10.5 Å². The lowest BCUT2D eigenvalue weighted by atomic mass is 10.0. The summed E-state index contributed by atoms with van der Waals surface area (Å²) in [6, 6.07) is 6.88. The standard InChI is InChI=1S/C25H26FN5O3/c26-19-10-16(9-17-13-30(25(34)23(17)19)20-3-4-22(32)28-24(20)33)21-8-15(12-29-5-1-2-6-29)7-18-11-27-14-31(18)21/h7-11,14,20,24,33H,1-6,12-13H2,(H,28,32). The van der Waals surface area contributed by atoms with E-state index in [0.717, 1.165) is 36.4 Å². The molecule has 2 saturated heterocycles. The average Bonchev–Trinajstić information content (AvgIpc) is 3.54. The fraction of sp³-hybridized carbons (Fsp3) is 0.400. The molecule has 176 valence electrons. The molecule has 2 N–H and O–H groups in total. The first-order valence-electron chi connectivity index (χ1n) is 11.8. The molecule has 0 aliphatic carbocycles. The zero-order valence-corrected chi connectivity index (χ0v) is 18.7. The van der Waals surface area contributed by atoms with Crippen molar-refractivity contribution in [3.05, 3.63) is 59.3 Å². The number of carbonyl (C=O) groups excluding carboxylic acids is 2. The van der Waals surface area contributed by atoms with Gasteiger partial charge in [0.2, 0.25) is 5.91 Å². The molecule has 34 heavy (non-hydrogen) atoms. The van der Waals surface area contributed by atoms with E-state index in [-0.39, 0.29) is 24.4 Å². The van der Waals surface area contributed by atoms with Gasteiger partial charge in [-0.05, 0) is 67.7 Å². The number of aliphatic hydroxyl groups is 1. The van der Waals surface area contributed by atoms with Gasteiger partial charge >= 0.3 is 0 Å². The summed E-state index contributed by atoms with van der Waals surface area (Å²) in [5.74, 6) is -1.28. The lowest BCUT2D eigenvalue weighted by Crippen LogP contribution is -2.55. The Kier molecular flexibility index (Phi) is 5.11. The number of carbonyl (C=O) groups is 2. The number of amides is 2. The molecule has 2 fully saturated rings. The van der Waals surface area contributed by atoms with Gasteiger partial charge in [0.1, 0.15) is 12.0 Å². The molecule has 3 aliphatic rings. The molecule has 6 rings (SSSR count). The van der Waals surface area contributed by atoms with E-state index >= 15 is 4.39 Å². The molecule has 0 saturated carbocycles. The SMILES string of the molecule is O=C1CCC(N2Cc3cc(-c4cc(CN5CCCC5)cc5cncn45)cc(F)c3C2=O)C(O)N1. The Balaban J connectivity index is 1.36. The van der Waals surface area contributed by atoms with Crippen molar-refractivity contribution in [2.45, 2.75) is 51.0 Å². The van der Waals surface area contributed by atoms with E-state index in [0.29, 0.717) is 17.5 Å². The molecule has 1 aromatic carbocycles. The summed E-state index contributed by atoms with van der Waals surface area (Å²) in [6.07, 6.45) is 5.34. The van der Waals surface area contributed by atoms with Gasteiger partial charge < -0.3 is 15.3 Å². The highest BCUT2D eigenvalue weighted by atomic mass is 19.1. The number of likely N-dealkylation sites (tertiary alicyclic amines) is 1. The van der Waals surface area contributed by atoms with Gasteiger partial charge in [-0.15, -0.1) is 0 Å². The summed E-state index contributed by atoms with van der Waals surface area (Å²) in [7, 11) is 0. The van der Waals surface area contributed by atoms with Crippen LogP contribution in [0.3, 0.4) is 0 Å². The van der Waals surface area contributed by atoms with Crippen molar-refractivity contribution in [2.75, 3.05) is 13.1 Å². The maximum absolute atomic E-state index is 15.3. The molecule has 9 heteroatoms. The van der Waals surface area contributed by atoms with Gasteiger partial charge in [0.25, 0.3) is 5.91 Å². The zero-order valence-electron chi connectivity index (χ0n) is 18.7. The highest BCUT2D eigenvalue weighted by molar-refractivity contribution is 5.99. The number of aromatic nitrogens is 2. The Bertz CT molecular complexity index is 1300. The Hall–Kier alpha value is -3.30. The average molecular weight is 464 g/mol. The quantitative estimate of drug-likeness (QED) is 0.620. The number of nitrogens with zero attached hydrogens (tertiary/aromatic N) is 4. The Morgan fingerprint density at radius 2 is 1.97 bits per heavy atom. The zero-order chi connectivity index (χ0) is 23.4. The van der Waals surface area contributed by atoms with Gasteiger partial charge in [0.05, 0.1) is 35.3 Å². The first-order valence-corrected chi connectivity index (χ1v) is 11.8. The predicted octanol–water partition coefficient (Wildman–Crippen LogP) is 2.29. The maximum atomic E-state index is 15.3. The van der Waals surface area contributed by atoms with E-state index in [4.69, 9.17) is 0 Å². The minimum absolute atomic E-state index is 0.0444. The van der Waals surface area contributed by atoms with E-state index in [1.165, 1.54) is 23.8 Å². The van der Waals surface area contributed by atoms with Crippen molar-refractivity contribution >= 4 is 17.3 Å². The number of aliphatic hydroxyl groups excluding tert-OH is 1. The van der Waals surface area contributed by atoms with Crippen LogP contribution >= 0.6 is 0 Å². The number of piperidine rings is 1. The summed E-state index contributed by atoms with van der Waals surface area (Å²) >= 11 is 0. The van der Waals surface area contributed by atoms with E-state index in [2.05, 4.69) is 27.3 Å². The van der Waals surface area contributed by atoms with Gasteiger partial charge in [0.15, 0.2) is 0 Å². The highest BCUT2D eigenvalue weighted by Gasteiger charge is 2.40. The second kappa shape index (κ2) is 8.18. The third-order valence-electron chi connectivity index (χ3n) is 7.21. The Labute approximate surface area is 196 Å². The summed E-state index contributed by atoms with van der Waals surface area (Å²) in [4.78, 5) is 32.8. The molecule has 8 nitrogen and oxygen atoms in total. The van der Waals surface area contributed by atoms with E-state index in [1.54, 1.807) is 12.5 Å². The number of hydrogen-bond donors (Lipinski definition) is 2. The van der Waals surface area contributed by atoms with Crippen molar-refractivity contribution in [3.8, 4) is 11.3 Å². The topological polar surface area (TPSA) is 90.2 Å². The highest BCUT2D eigenvalue weighted by Crippen LogP contribution is 2.34. The predicted molar refractivity (Wildman–Crippen MR) is 122 cm³/mol. The lowest BCUT2D eigenvalue weighted by Gasteiger charge is -2.35. The van der Waals surface area contributed by atoms with Gasteiger partial charge in [-0.1, -0.05) is 0 Å². The first kappa shape index (κ1) is 21.2. The fourth-order valence-electron chi connectivity index (χ4n) is 5.54. The molecule has 2 amide bonds. The molecule has 2 atom stereocenters. The third-order valence-corrected chi connectivity index (χ3v) is 7.21. The molecule has 3 aliphatic heterocycles. The molecule has 3 aromatic rings. The third kappa shape index (κ3) is 3.56. The number of halogens is 1. The monoisotopic (exact) mass is 463 g/mol. The number of imidazole rings is 1. The molecular formula is C25H26FN5O3. The van der Waals surface area contributed by atoms with Crippen LogP contribution < -0.4 is 5.32 Å². The van der Waals surface area contributed by atoms with Gasteiger partial charge in [-0.25, -0.2) is 9.37 Å². The molecular weight excluding hydrogens is 437 g/mol. The number of fused-ring (bicyclic) bond motifs is 2. The van der Waals surface area contributed by atoms with Crippen LogP contribution in [-0.2, 0) is 17.9 Å². The van der Waals surface area contributed by atoms with Crippen LogP contribution in [0.1, 0.15) is 47.2 Å². The van der Waals surface area contributed by atoms with Crippen molar-refractivity contribution in [1.29, 1.82) is 0 Å². The van der Waals surface area contributed by atoms with Crippen LogP contribution in [0.25, 0.3) is 16.8 Å². The van der Waals surface area contributed by atoms with Crippen LogP contribution in [0.15, 0.2) is 36.8 Å². The summed E-state index contributed by atoms with van der Waals surface area (Å²) < 4.78 is 17.3. The summed E-state index contributed by atoms with van der Waals surface area (Å²) in [6.45, 7) is 3.19. The number of benzene rings is 1. The van der Waals surface area contributed by atoms with Crippen molar-refractivity contribution < 1.29 is 19.1 Å². The van der Waals surface area contributed by atoms with Crippen LogP contribution in [0, 0.1) is 5.82 Å². The number of hydrogen-bond acceptors (Lipinski definition) is 5. The van der Waals surface area contributed by atoms with Crippen molar-refractivity contribution in [3.63, 3.8) is 0 Å². The van der Waals surface area contributed by atoms with Crippen LogP contribution in [0.2, 0.25) is 0 Å². The van der Waals surface area contributed by atoms with Crippen molar-refractivity contribution in [1.82, 2.24) is 24.5 Å². The van der Waals surface area contributed by atoms with Gasteiger partial charge in [-0.3, -0.25) is 18.9 Å². The minimum Gasteiger partial charge on any atom is -0.372 e. The number of rotatable bonds is 4. The maximum Gasteiger partial charge on any atom is 0.257 e. The molecule has 2 aromatic heterocycles. The van der Waals surface area contributed by atoms with Crippen LogP contribution in [0.5, 0.6) is 0 Å². The van der Waals surface area contributed by atoms with E-state index < -0.39 is 24.0 Å². The minimum atomic E-state index is -1.16. The normalized spacial score (nSPS) is 23.1. The first-order chi connectivity index (χ1) is 16.5. The molecule has 0 spiro atoms. The molecule has 0 radical (unpaired) electrons. The molecule has 2 unspecified atom stereocenters. The van der Waals surface area contributed by atoms with Crippen molar-refractivity contribution in [2.24, 2.45) is 0 Å². The Morgan fingerprint density at radius 1 is 1.15 bits per heavy atom. The summed E-state index contributed by atoms with van der Waals surface area (Å²) in [5, 5.41) is 12.8. The van der Waals surface area contributed by atoms with Gasteiger partial charge in [0, 0.05) is 25.1 Å². The second-order valence-electron chi connectivity index (χ2n) is 9.46. The van der Waals surface area contributed by atoms with Gasteiger partial charge in [-0.2, -0.15) is 0 Å². The summed E-state index contributed by atoms with van der Waals surface area (Å²) in [5.41, 5.74) is 4.21. The Morgan fingerprint density at radius 3 is 2.76 bits per heavy atom. The molecule has 5 heterocycles. The smallest absolute Gasteiger partial charge is 0.257 e. The van der Waals surface area contributed by atoms with E-state index in [9.17, 15) is 14.7 Å². The second-order valence-corrected chi connectivity index (χ2v) is 9.46. The lowest BCUT2D eigenvalue weighted by molar-refractivity contribution is -0.129. The van der Waals surface area contributed by atoms with Crippen LogP contribution in [0.4, 0.5) is 4.39 Å². The largest absolute Gasteiger partial charge is 0.372 e. The fourth-order valence-corrected chi connectivity index (χ4v) is 5.54. The number of pyridine rings is 1.